The van der Waals surface area contributed by atoms with E-state index in [1.54, 1.807) is 0 Å². The van der Waals surface area contributed by atoms with Gasteiger partial charge in [-0.05, 0) is 43.3 Å². The van der Waals surface area contributed by atoms with Crippen molar-refractivity contribution in [3.05, 3.63) is 54.2 Å². The van der Waals surface area contributed by atoms with Crippen LogP contribution in [-0.4, -0.2) is 57.3 Å². The van der Waals surface area contributed by atoms with Crippen LogP contribution in [0.15, 0.2) is 58.3 Å². The molecule has 0 aliphatic carbocycles. The number of fused-ring (bicyclic) bond motifs is 1. The van der Waals surface area contributed by atoms with Gasteiger partial charge in [0.05, 0.1) is 26.5 Å². The summed E-state index contributed by atoms with van der Waals surface area (Å²) in [6.45, 7) is 3.41. The molecule has 0 atom stereocenters. The molecule has 0 radical (unpaired) electrons. The van der Waals surface area contributed by atoms with Crippen molar-refractivity contribution >= 4 is 36.9 Å². The van der Waals surface area contributed by atoms with Crippen molar-refractivity contribution in [2.75, 3.05) is 31.1 Å². The molecule has 1 saturated heterocycles. The molecule has 0 unspecified atom stereocenters. The van der Waals surface area contributed by atoms with Crippen LogP contribution in [0.3, 0.4) is 0 Å². The average molecular weight is 448 g/mol. The van der Waals surface area contributed by atoms with E-state index in [1.165, 1.54) is 28.6 Å². The third kappa shape index (κ3) is 3.88. The van der Waals surface area contributed by atoms with Gasteiger partial charge < -0.3 is 4.90 Å². The molecule has 1 aromatic heterocycles. The van der Waals surface area contributed by atoms with E-state index in [9.17, 15) is 16.8 Å². The Labute approximate surface area is 175 Å². The lowest BCUT2D eigenvalue weighted by atomic mass is 10.2. The first kappa shape index (κ1) is 20.7. The summed E-state index contributed by atoms with van der Waals surface area (Å²) in [4.78, 5) is 11.2. The Morgan fingerprint density at radius 3 is 1.90 bits per heavy atom. The molecule has 3 aromatic rings. The predicted octanol–water partition coefficient (Wildman–Crippen LogP) is 1.10. The van der Waals surface area contributed by atoms with Crippen molar-refractivity contribution in [1.29, 1.82) is 0 Å². The number of nitrogens with zero attached hydrogens (tertiary/aromatic N) is 4. The zero-order valence-electron chi connectivity index (χ0n) is 16.3. The van der Waals surface area contributed by atoms with Crippen LogP contribution in [-0.2, 0) is 20.0 Å². The van der Waals surface area contributed by atoms with E-state index in [-0.39, 0.29) is 22.9 Å². The molecule has 2 heterocycles. The third-order valence-electron chi connectivity index (χ3n) is 5.05. The van der Waals surface area contributed by atoms with Gasteiger partial charge >= 0.3 is 0 Å². The van der Waals surface area contributed by atoms with E-state index in [2.05, 4.69) is 4.98 Å². The van der Waals surface area contributed by atoms with Crippen LogP contribution in [0.4, 0.5) is 5.82 Å². The van der Waals surface area contributed by atoms with E-state index >= 15 is 0 Å². The predicted molar refractivity (Wildman–Crippen MR) is 113 cm³/mol. The lowest BCUT2D eigenvalue weighted by Crippen LogP contribution is -2.49. The fourth-order valence-electron chi connectivity index (χ4n) is 3.47. The van der Waals surface area contributed by atoms with Crippen LogP contribution in [0.25, 0.3) is 11.0 Å². The Balaban J connectivity index is 1.52. The average Bonchev–Trinajstić information content (AvgIpc) is 2.73. The van der Waals surface area contributed by atoms with Gasteiger partial charge in [-0.3, -0.25) is 0 Å². The summed E-state index contributed by atoms with van der Waals surface area (Å²) in [6, 6.07) is 12.6. The number of rotatable bonds is 4. The minimum Gasteiger partial charge on any atom is -0.352 e. The van der Waals surface area contributed by atoms with Gasteiger partial charge in [-0.1, -0.05) is 12.1 Å². The molecule has 30 heavy (non-hydrogen) atoms. The maximum atomic E-state index is 12.9. The summed E-state index contributed by atoms with van der Waals surface area (Å²) in [5, 5.41) is 5.07. The van der Waals surface area contributed by atoms with Crippen molar-refractivity contribution in [3.8, 4) is 0 Å². The van der Waals surface area contributed by atoms with E-state index in [0.29, 0.717) is 13.1 Å². The molecule has 158 valence electrons. The summed E-state index contributed by atoms with van der Waals surface area (Å²) in [6.07, 6.45) is 0. The number of hydrogen-bond donors (Lipinski definition) is 1. The fraction of sp³-hybridized carbons (Fsp3) is 0.263. The number of hydrogen-bond acceptors (Lipinski definition) is 7. The Kier molecular flexibility index (Phi) is 5.22. The summed E-state index contributed by atoms with van der Waals surface area (Å²) in [5.41, 5.74) is 2.41. The summed E-state index contributed by atoms with van der Waals surface area (Å²) in [5.74, 6) is 0.753. The van der Waals surface area contributed by atoms with Gasteiger partial charge in [0.25, 0.3) is 0 Å². The number of para-hydroxylation sites is 2. The van der Waals surface area contributed by atoms with Crippen molar-refractivity contribution in [2.45, 2.75) is 16.7 Å². The lowest BCUT2D eigenvalue weighted by molar-refractivity contribution is 0.383. The Bertz CT molecular complexity index is 1300. The number of piperazine rings is 1. The zero-order valence-corrected chi connectivity index (χ0v) is 17.9. The maximum Gasteiger partial charge on any atom is 0.243 e. The van der Waals surface area contributed by atoms with Crippen LogP contribution >= 0.6 is 0 Å². The standard InChI is InChI=1S/C19H21N5O4S2/c1-14-19(22-18-5-3-2-4-17(18)21-14)23-10-12-24(13-11-23)30(27,28)16-8-6-15(7-9-16)29(20,25)26/h2-9H,10-13H2,1H3,(H2,20,25,26). The number of anilines is 1. The highest BCUT2D eigenvalue weighted by Crippen LogP contribution is 2.24. The summed E-state index contributed by atoms with van der Waals surface area (Å²) in [7, 11) is -7.62. The van der Waals surface area contributed by atoms with Crippen LogP contribution < -0.4 is 10.0 Å². The first-order valence-electron chi connectivity index (χ1n) is 9.27. The number of aryl methyl sites for hydroxylation is 1. The number of benzene rings is 2. The minimum absolute atomic E-state index is 0.0324. The van der Waals surface area contributed by atoms with Crippen molar-refractivity contribution in [3.63, 3.8) is 0 Å². The smallest absolute Gasteiger partial charge is 0.243 e. The molecule has 4 rings (SSSR count). The quantitative estimate of drug-likeness (QED) is 0.634. The second-order valence-corrected chi connectivity index (χ2v) is 10.5. The Hall–Kier alpha value is -2.60. The third-order valence-corrected chi connectivity index (χ3v) is 7.89. The lowest BCUT2D eigenvalue weighted by Gasteiger charge is -2.35. The molecule has 0 bridgehead atoms. The summed E-state index contributed by atoms with van der Waals surface area (Å²) < 4.78 is 50.0. The van der Waals surface area contributed by atoms with E-state index in [1.807, 2.05) is 36.1 Å². The van der Waals surface area contributed by atoms with Gasteiger partial charge in [-0.2, -0.15) is 4.31 Å². The molecule has 2 aromatic carbocycles. The van der Waals surface area contributed by atoms with Gasteiger partial charge in [-0.15, -0.1) is 0 Å². The number of primary sulfonamides is 1. The number of sulfonamides is 2. The van der Waals surface area contributed by atoms with Gasteiger partial charge in [0.2, 0.25) is 20.0 Å². The Morgan fingerprint density at radius 2 is 1.33 bits per heavy atom. The molecule has 1 aliphatic heterocycles. The van der Waals surface area contributed by atoms with Gasteiger partial charge in [0.1, 0.15) is 0 Å². The molecule has 11 heteroatoms. The first-order chi connectivity index (χ1) is 14.2. The Morgan fingerprint density at radius 1 is 0.800 bits per heavy atom. The van der Waals surface area contributed by atoms with Crippen LogP contribution in [0.2, 0.25) is 0 Å². The topological polar surface area (TPSA) is 127 Å². The number of nitrogens with two attached hydrogens (primary N) is 1. The van der Waals surface area contributed by atoms with Crippen molar-refractivity contribution in [2.24, 2.45) is 5.14 Å². The molecule has 0 saturated carbocycles. The van der Waals surface area contributed by atoms with E-state index < -0.39 is 20.0 Å². The molecule has 2 N–H and O–H groups in total. The minimum atomic E-state index is -3.88. The highest BCUT2D eigenvalue weighted by Gasteiger charge is 2.30. The van der Waals surface area contributed by atoms with E-state index in [0.717, 1.165) is 22.5 Å². The largest absolute Gasteiger partial charge is 0.352 e. The second-order valence-electron chi connectivity index (χ2n) is 7.03. The van der Waals surface area contributed by atoms with Crippen LogP contribution in [0.5, 0.6) is 0 Å². The second kappa shape index (κ2) is 7.58. The van der Waals surface area contributed by atoms with E-state index in [4.69, 9.17) is 10.1 Å². The molecule has 0 amide bonds. The van der Waals surface area contributed by atoms with Crippen molar-refractivity contribution in [1.82, 2.24) is 14.3 Å². The number of aromatic nitrogens is 2. The first-order valence-corrected chi connectivity index (χ1v) is 12.3. The molecule has 1 aliphatic rings. The maximum absolute atomic E-state index is 12.9. The van der Waals surface area contributed by atoms with Crippen LogP contribution in [0.1, 0.15) is 5.69 Å². The van der Waals surface area contributed by atoms with Crippen LogP contribution in [0, 0.1) is 6.92 Å². The monoisotopic (exact) mass is 447 g/mol. The normalized spacial score (nSPS) is 16.1. The highest BCUT2D eigenvalue weighted by molar-refractivity contribution is 7.89. The molecule has 1 fully saturated rings. The molecular formula is C19H21N5O4S2. The zero-order chi connectivity index (χ0) is 21.5. The van der Waals surface area contributed by atoms with Gasteiger partial charge in [-0.25, -0.2) is 31.9 Å². The van der Waals surface area contributed by atoms with Gasteiger partial charge in [0.15, 0.2) is 5.82 Å². The van der Waals surface area contributed by atoms with Crippen molar-refractivity contribution < 1.29 is 16.8 Å². The fourth-order valence-corrected chi connectivity index (χ4v) is 5.41. The molecule has 9 nitrogen and oxygen atoms in total. The molecule has 0 spiro atoms. The SMILES string of the molecule is Cc1nc2ccccc2nc1N1CCN(S(=O)(=O)c2ccc(S(N)(=O)=O)cc2)CC1. The summed E-state index contributed by atoms with van der Waals surface area (Å²) >= 11 is 0. The van der Waals surface area contributed by atoms with Gasteiger partial charge in [0, 0.05) is 26.2 Å². The molecular weight excluding hydrogens is 426 g/mol. The highest BCUT2D eigenvalue weighted by atomic mass is 32.2.